The van der Waals surface area contributed by atoms with Crippen LogP contribution in [0.3, 0.4) is 0 Å². The maximum Gasteiger partial charge on any atom is 0.257 e. The molecule has 2 heterocycles. The number of nitrogens with zero attached hydrogens (tertiary/aromatic N) is 1. The molecule has 0 bridgehead atoms. The molecule has 2 amide bonds. The molecule has 2 saturated heterocycles. The zero-order valence-corrected chi connectivity index (χ0v) is 15.5. The average Bonchev–Trinajstić information content (AvgIpc) is 3.46. The van der Waals surface area contributed by atoms with Crippen molar-refractivity contribution in [3.63, 3.8) is 0 Å². The van der Waals surface area contributed by atoms with Crippen molar-refractivity contribution in [1.29, 1.82) is 0 Å². The number of benzene rings is 1. The van der Waals surface area contributed by atoms with E-state index >= 15 is 0 Å². The van der Waals surface area contributed by atoms with E-state index in [4.69, 9.17) is 4.74 Å². The lowest BCUT2D eigenvalue weighted by molar-refractivity contribution is -0.138. The maximum absolute atomic E-state index is 13.7. The molecule has 1 unspecified atom stereocenters. The Balaban J connectivity index is 1.29. The summed E-state index contributed by atoms with van der Waals surface area (Å²) in [6, 6.07) is 1.37. The summed E-state index contributed by atoms with van der Waals surface area (Å²) in [4.78, 5) is 26.2. The normalized spacial score (nSPS) is 23.8. The van der Waals surface area contributed by atoms with Crippen LogP contribution in [0.25, 0.3) is 0 Å². The highest BCUT2D eigenvalue weighted by Crippen LogP contribution is 2.40. The van der Waals surface area contributed by atoms with E-state index in [9.17, 15) is 22.8 Å². The van der Waals surface area contributed by atoms with Crippen molar-refractivity contribution < 1.29 is 27.5 Å². The Labute approximate surface area is 161 Å². The SMILES string of the molecule is O=C(NCC1CCC2(CCN(C(=O)C3CC3)CC2)O1)c1c(F)ccc(F)c1F. The van der Waals surface area contributed by atoms with Gasteiger partial charge in [-0.15, -0.1) is 0 Å². The highest BCUT2D eigenvalue weighted by Gasteiger charge is 2.44. The lowest BCUT2D eigenvalue weighted by Gasteiger charge is -2.39. The number of hydrogen-bond donors (Lipinski definition) is 1. The van der Waals surface area contributed by atoms with Gasteiger partial charge in [-0.25, -0.2) is 13.2 Å². The molecule has 8 heteroatoms. The first-order chi connectivity index (χ1) is 13.4. The van der Waals surface area contributed by atoms with Crippen molar-refractivity contribution in [1.82, 2.24) is 10.2 Å². The van der Waals surface area contributed by atoms with Crippen molar-refractivity contribution in [2.24, 2.45) is 5.92 Å². The van der Waals surface area contributed by atoms with Crippen molar-refractivity contribution >= 4 is 11.8 Å². The standard InChI is InChI=1S/C20H23F3N2O3/c21-14-3-4-15(22)17(23)16(14)18(26)24-11-13-5-6-20(28-13)7-9-25(10-8-20)19(27)12-1-2-12/h3-4,12-13H,1-2,5-11H2,(H,24,26). The Hall–Kier alpha value is -2.09. The summed E-state index contributed by atoms with van der Waals surface area (Å²) in [5, 5.41) is 2.45. The monoisotopic (exact) mass is 396 g/mol. The number of carbonyl (C=O) groups excluding carboxylic acids is 2. The molecule has 0 aromatic heterocycles. The third-order valence-electron chi connectivity index (χ3n) is 6.01. The fraction of sp³-hybridized carbons (Fsp3) is 0.600. The quantitative estimate of drug-likeness (QED) is 0.797. The second-order valence-corrected chi connectivity index (χ2v) is 7.99. The molecule has 2 aliphatic heterocycles. The first kappa shape index (κ1) is 19.2. The van der Waals surface area contributed by atoms with Gasteiger partial charge < -0.3 is 15.0 Å². The lowest BCUT2D eigenvalue weighted by Crippen LogP contribution is -2.47. The molecule has 4 rings (SSSR count). The van der Waals surface area contributed by atoms with Crippen LogP contribution in [0.1, 0.15) is 48.9 Å². The molecule has 1 aromatic rings. The zero-order chi connectivity index (χ0) is 19.9. The van der Waals surface area contributed by atoms with Gasteiger partial charge in [0, 0.05) is 25.6 Å². The summed E-state index contributed by atoms with van der Waals surface area (Å²) in [6.45, 7) is 1.45. The van der Waals surface area contributed by atoms with E-state index < -0.39 is 28.9 Å². The number of hydrogen-bond acceptors (Lipinski definition) is 3. The smallest absolute Gasteiger partial charge is 0.257 e. The van der Waals surface area contributed by atoms with E-state index in [0.29, 0.717) is 25.6 Å². The molecule has 0 radical (unpaired) electrons. The highest BCUT2D eigenvalue weighted by atomic mass is 19.2. The fourth-order valence-electron chi connectivity index (χ4n) is 4.16. The minimum absolute atomic E-state index is 0.0979. The van der Waals surface area contributed by atoms with E-state index in [1.165, 1.54) is 0 Å². The number of halogens is 3. The second kappa shape index (κ2) is 7.39. The topological polar surface area (TPSA) is 58.6 Å². The number of carbonyl (C=O) groups is 2. The van der Waals surface area contributed by atoms with Gasteiger partial charge in [0.15, 0.2) is 11.6 Å². The Bertz CT molecular complexity index is 789. The lowest BCUT2D eigenvalue weighted by atomic mass is 9.88. The Morgan fingerprint density at radius 3 is 2.43 bits per heavy atom. The molecule has 152 valence electrons. The van der Waals surface area contributed by atoms with Crippen LogP contribution in [-0.2, 0) is 9.53 Å². The molecule has 28 heavy (non-hydrogen) atoms. The van der Waals surface area contributed by atoms with Gasteiger partial charge in [-0.05, 0) is 50.7 Å². The predicted octanol–water partition coefficient (Wildman–Crippen LogP) is 2.78. The van der Waals surface area contributed by atoms with Gasteiger partial charge in [0.05, 0.1) is 11.7 Å². The first-order valence-electron chi connectivity index (χ1n) is 9.77. The molecule has 1 N–H and O–H groups in total. The van der Waals surface area contributed by atoms with Gasteiger partial charge in [0.2, 0.25) is 5.91 Å². The summed E-state index contributed by atoms with van der Waals surface area (Å²) < 4.78 is 46.8. The minimum atomic E-state index is -1.49. The minimum Gasteiger partial charge on any atom is -0.370 e. The van der Waals surface area contributed by atoms with E-state index in [-0.39, 0.29) is 30.1 Å². The number of nitrogens with one attached hydrogen (secondary N) is 1. The van der Waals surface area contributed by atoms with Crippen molar-refractivity contribution in [3.8, 4) is 0 Å². The van der Waals surface area contributed by atoms with Gasteiger partial charge in [-0.1, -0.05) is 0 Å². The molecule has 1 spiro atoms. The van der Waals surface area contributed by atoms with Gasteiger partial charge in [-0.3, -0.25) is 9.59 Å². The number of piperidine rings is 1. The Kier molecular flexibility index (Phi) is 5.07. The van der Waals surface area contributed by atoms with Gasteiger partial charge in [-0.2, -0.15) is 0 Å². The molecular formula is C20H23F3N2O3. The summed E-state index contributed by atoms with van der Waals surface area (Å²) in [7, 11) is 0. The largest absolute Gasteiger partial charge is 0.370 e. The van der Waals surface area contributed by atoms with Crippen LogP contribution in [0.4, 0.5) is 13.2 Å². The second-order valence-electron chi connectivity index (χ2n) is 7.99. The number of rotatable bonds is 4. The summed E-state index contributed by atoms with van der Waals surface area (Å²) >= 11 is 0. The summed E-state index contributed by atoms with van der Waals surface area (Å²) in [5.41, 5.74) is -1.22. The van der Waals surface area contributed by atoms with E-state index in [1.54, 1.807) is 0 Å². The van der Waals surface area contributed by atoms with Crippen LogP contribution in [0.5, 0.6) is 0 Å². The number of likely N-dealkylation sites (tertiary alicyclic amines) is 1. The van der Waals surface area contributed by atoms with Gasteiger partial charge >= 0.3 is 0 Å². The van der Waals surface area contributed by atoms with Crippen LogP contribution in [-0.4, -0.2) is 48.1 Å². The fourth-order valence-corrected chi connectivity index (χ4v) is 4.16. The van der Waals surface area contributed by atoms with Crippen LogP contribution < -0.4 is 5.32 Å². The first-order valence-corrected chi connectivity index (χ1v) is 9.77. The number of ether oxygens (including phenoxy) is 1. The van der Waals surface area contributed by atoms with Gasteiger partial charge in [0.1, 0.15) is 11.4 Å². The van der Waals surface area contributed by atoms with E-state index in [1.807, 2.05) is 4.90 Å². The molecule has 3 fully saturated rings. The maximum atomic E-state index is 13.7. The van der Waals surface area contributed by atoms with Crippen LogP contribution >= 0.6 is 0 Å². The average molecular weight is 396 g/mol. The Morgan fingerprint density at radius 1 is 1.07 bits per heavy atom. The van der Waals surface area contributed by atoms with E-state index in [2.05, 4.69) is 5.32 Å². The molecule has 1 aliphatic carbocycles. The Morgan fingerprint density at radius 2 is 1.75 bits per heavy atom. The number of amides is 2. The van der Waals surface area contributed by atoms with Crippen molar-refractivity contribution in [3.05, 3.63) is 35.1 Å². The molecule has 1 atom stereocenters. The molecule has 5 nitrogen and oxygen atoms in total. The predicted molar refractivity (Wildman–Crippen MR) is 94.0 cm³/mol. The van der Waals surface area contributed by atoms with Crippen LogP contribution in [0.2, 0.25) is 0 Å². The van der Waals surface area contributed by atoms with Crippen molar-refractivity contribution in [2.75, 3.05) is 19.6 Å². The van der Waals surface area contributed by atoms with Crippen molar-refractivity contribution in [2.45, 2.75) is 50.2 Å². The van der Waals surface area contributed by atoms with E-state index in [0.717, 1.165) is 38.2 Å². The molecule has 1 aromatic carbocycles. The van der Waals surface area contributed by atoms with Gasteiger partial charge in [0.25, 0.3) is 5.91 Å². The molecule has 3 aliphatic rings. The third kappa shape index (κ3) is 3.74. The van der Waals surface area contributed by atoms with Crippen LogP contribution in [0.15, 0.2) is 12.1 Å². The molecule has 1 saturated carbocycles. The van der Waals surface area contributed by atoms with Crippen LogP contribution in [0, 0.1) is 23.4 Å². The third-order valence-corrected chi connectivity index (χ3v) is 6.01. The zero-order valence-electron chi connectivity index (χ0n) is 15.5. The summed E-state index contributed by atoms with van der Waals surface area (Å²) in [6.07, 6.45) is 4.75. The highest BCUT2D eigenvalue weighted by molar-refractivity contribution is 5.94. The summed E-state index contributed by atoms with van der Waals surface area (Å²) in [5.74, 6) is -4.40. The molecular weight excluding hydrogens is 373 g/mol.